The van der Waals surface area contributed by atoms with Crippen LogP contribution in [-0.4, -0.2) is 29.8 Å². The fourth-order valence-corrected chi connectivity index (χ4v) is 2.65. The molecule has 2 amide bonds. The van der Waals surface area contributed by atoms with Crippen LogP contribution in [0.3, 0.4) is 0 Å². The van der Waals surface area contributed by atoms with E-state index >= 15 is 0 Å². The number of rotatable bonds is 2. The van der Waals surface area contributed by atoms with E-state index in [9.17, 15) is 4.79 Å². The minimum atomic E-state index is -0.125. The molecule has 1 aliphatic heterocycles. The molecular formula is C10H18N2O2. The predicted octanol–water partition coefficient (Wildman–Crippen LogP) is 0.609. The zero-order valence-corrected chi connectivity index (χ0v) is 8.33. The maximum absolute atomic E-state index is 11.1. The molecular weight excluding hydrogens is 180 g/mol. The van der Waals surface area contributed by atoms with Gasteiger partial charge in [-0.05, 0) is 18.8 Å². The number of nitrogens with one attached hydrogen (secondary N) is 2. The molecule has 2 atom stereocenters. The van der Waals surface area contributed by atoms with Crippen LogP contribution in [0.15, 0.2) is 0 Å². The quantitative estimate of drug-likeness (QED) is 0.608. The van der Waals surface area contributed by atoms with Gasteiger partial charge in [0.05, 0.1) is 18.7 Å². The number of hydrogen-bond donors (Lipinski definition) is 3. The third-order valence-corrected chi connectivity index (χ3v) is 3.40. The van der Waals surface area contributed by atoms with Crippen LogP contribution >= 0.6 is 0 Å². The van der Waals surface area contributed by atoms with Crippen LogP contribution in [0.2, 0.25) is 0 Å². The lowest BCUT2D eigenvalue weighted by Gasteiger charge is -2.29. The van der Waals surface area contributed by atoms with Gasteiger partial charge in [-0.2, -0.15) is 0 Å². The lowest BCUT2D eigenvalue weighted by atomic mass is 9.82. The Bertz CT molecular complexity index is 214. The summed E-state index contributed by atoms with van der Waals surface area (Å²) in [6, 6.07) is -0.0574. The van der Waals surface area contributed by atoms with E-state index in [4.69, 9.17) is 5.11 Å². The molecule has 0 bridgehead atoms. The van der Waals surface area contributed by atoms with Crippen LogP contribution < -0.4 is 10.6 Å². The van der Waals surface area contributed by atoms with Gasteiger partial charge < -0.3 is 15.7 Å². The molecule has 2 fully saturated rings. The van der Waals surface area contributed by atoms with Crippen molar-refractivity contribution in [2.75, 3.05) is 6.61 Å². The molecule has 0 aromatic heterocycles. The van der Waals surface area contributed by atoms with Crippen LogP contribution in [0.1, 0.15) is 32.1 Å². The molecule has 0 aromatic carbocycles. The van der Waals surface area contributed by atoms with Crippen molar-refractivity contribution < 1.29 is 9.90 Å². The van der Waals surface area contributed by atoms with Gasteiger partial charge in [0, 0.05) is 0 Å². The summed E-state index contributed by atoms with van der Waals surface area (Å²) in [6.45, 7) is 0.0416. The fraction of sp³-hybridized carbons (Fsp3) is 0.900. The second-order valence-corrected chi connectivity index (χ2v) is 4.33. The first kappa shape index (κ1) is 9.77. The fourth-order valence-electron chi connectivity index (χ4n) is 2.65. The molecule has 0 aromatic rings. The van der Waals surface area contributed by atoms with E-state index in [1.54, 1.807) is 0 Å². The van der Waals surface area contributed by atoms with E-state index < -0.39 is 0 Å². The van der Waals surface area contributed by atoms with Crippen molar-refractivity contribution in [2.24, 2.45) is 5.92 Å². The molecule has 4 heteroatoms. The summed E-state index contributed by atoms with van der Waals surface area (Å²) < 4.78 is 0. The van der Waals surface area contributed by atoms with Gasteiger partial charge in [-0.25, -0.2) is 4.79 Å². The predicted molar refractivity (Wildman–Crippen MR) is 52.9 cm³/mol. The van der Waals surface area contributed by atoms with Crippen LogP contribution in [0.4, 0.5) is 4.79 Å². The van der Waals surface area contributed by atoms with Crippen molar-refractivity contribution in [1.82, 2.24) is 10.6 Å². The molecule has 1 aliphatic carbocycles. The summed E-state index contributed by atoms with van der Waals surface area (Å²) >= 11 is 0. The number of hydrogen-bond acceptors (Lipinski definition) is 2. The van der Waals surface area contributed by atoms with Crippen LogP contribution in [0, 0.1) is 5.92 Å². The molecule has 1 saturated carbocycles. The Labute approximate surface area is 84.1 Å². The summed E-state index contributed by atoms with van der Waals surface area (Å²) in [5.74, 6) is 0.555. The smallest absolute Gasteiger partial charge is 0.315 e. The first-order valence-corrected chi connectivity index (χ1v) is 5.49. The SMILES string of the molecule is O=C1NC(CO)C(C2CCCCC2)N1. The Morgan fingerprint density at radius 2 is 1.93 bits per heavy atom. The van der Waals surface area contributed by atoms with E-state index in [2.05, 4.69) is 10.6 Å². The standard InChI is InChI=1S/C10H18N2O2/c13-6-8-9(12-10(14)11-8)7-4-2-1-3-5-7/h7-9,13H,1-6H2,(H2,11,12,14). The van der Waals surface area contributed by atoms with Crippen molar-refractivity contribution in [1.29, 1.82) is 0 Å². The Morgan fingerprint density at radius 1 is 1.21 bits per heavy atom. The molecule has 2 aliphatic rings. The summed E-state index contributed by atoms with van der Waals surface area (Å²) in [6.07, 6.45) is 6.20. The molecule has 1 heterocycles. The van der Waals surface area contributed by atoms with Crippen molar-refractivity contribution in [3.05, 3.63) is 0 Å². The number of carbonyl (C=O) groups is 1. The zero-order chi connectivity index (χ0) is 9.97. The molecule has 0 spiro atoms. The number of aliphatic hydroxyl groups excluding tert-OH is 1. The molecule has 4 nitrogen and oxygen atoms in total. The molecule has 3 N–H and O–H groups in total. The largest absolute Gasteiger partial charge is 0.394 e. The van der Waals surface area contributed by atoms with Gasteiger partial charge in [0.25, 0.3) is 0 Å². The highest BCUT2D eigenvalue weighted by atomic mass is 16.3. The van der Waals surface area contributed by atoms with Gasteiger partial charge >= 0.3 is 6.03 Å². The highest BCUT2D eigenvalue weighted by Gasteiger charge is 2.36. The number of urea groups is 1. The topological polar surface area (TPSA) is 61.4 Å². The molecule has 0 radical (unpaired) electrons. The minimum absolute atomic E-state index is 0.0416. The Hall–Kier alpha value is -0.770. The third kappa shape index (κ3) is 1.85. The molecule has 1 saturated heterocycles. The number of aliphatic hydroxyl groups is 1. The van der Waals surface area contributed by atoms with Crippen molar-refractivity contribution >= 4 is 6.03 Å². The lowest BCUT2D eigenvalue weighted by Crippen LogP contribution is -2.42. The van der Waals surface area contributed by atoms with Gasteiger partial charge in [-0.3, -0.25) is 0 Å². The maximum atomic E-state index is 11.1. The van der Waals surface area contributed by atoms with Crippen LogP contribution in [0.5, 0.6) is 0 Å². The number of amides is 2. The molecule has 2 rings (SSSR count). The monoisotopic (exact) mass is 198 g/mol. The normalized spacial score (nSPS) is 33.9. The first-order valence-electron chi connectivity index (χ1n) is 5.49. The summed E-state index contributed by atoms with van der Waals surface area (Å²) in [5, 5.41) is 14.8. The van der Waals surface area contributed by atoms with Crippen molar-refractivity contribution in [3.8, 4) is 0 Å². The Balaban J connectivity index is 1.97. The van der Waals surface area contributed by atoms with Crippen LogP contribution in [0.25, 0.3) is 0 Å². The number of carbonyl (C=O) groups excluding carboxylic acids is 1. The third-order valence-electron chi connectivity index (χ3n) is 3.40. The van der Waals surface area contributed by atoms with Crippen molar-refractivity contribution in [2.45, 2.75) is 44.2 Å². The summed E-state index contributed by atoms with van der Waals surface area (Å²) in [7, 11) is 0. The lowest BCUT2D eigenvalue weighted by molar-refractivity contribution is 0.199. The van der Waals surface area contributed by atoms with E-state index in [-0.39, 0.29) is 24.7 Å². The Kier molecular flexibility index (Phi) is 2.91. The van der Waals surface area contributed by atoms with Gasteiger partial charge in [-0.15, -0.1) is 0 Å². The van der Waals surface area contributed by atoms with Gasteiger partial charge in [-0.1, -0.05) is 19.3 Å². The zero-order valence-electron chi connectivity index (χ0n) is 8.33. The van der Waals surface area contributed by atoms with Crippen molar-refractivity contribution in [3.63, 3.8) is 0 Å². The summed E-state index contributed by atoms with van der Waals surface area (Å²) in [4.78, 5) is 11.1. The maximum Gasteiger partial charge on any atom is 0.315 e. The van der Waals surface area contributed by atoms with E-state index in [1.807, 2.05) is 0 Å². The molecule has 80 valence electrons. The molecule has 2 unspecified atom stereocenters. The van der Waals surface area contributed by atoms with E-state index in [0.717, 1.165) is 0 Å². The first-order chi connectivity index (χ1) is 6.81. The van der Waals surface area contributed by atoms with Gasteiger partial charge in [0.15, 0.2) is 0 Å². The highest BCUT2D eigenvalue weighted by molar-refractivity contribution is 5.77. The van der Waals surface area contributed by atoms with E-state index in [0.29, 0.717) is 5.92 Å². The summed E-state index contributed by atoms with van der Waals surface area (Å²) in [5.41, 5.74) is 0. The van der Waals surface area contributed by atoms with Gasteiger partial charge in [0.1, 0.15) is 0 Å². The highest BCUT2D eigenvalue weighted by Crippen LogP contribution is 2.28. The average Bonchev–Trinajstić information content (AvgIpc) is 2.61. The second-order valence-electron chi connectivity index (χ2n) is 4.33. The molecule has 14 heavy (non-hydrogen) atoms. The minimum Gasteiger partial charge on any atom is -0.394 e. The second kappa shape index (κ2) is 4.17. The van der Waals surface area contributed by atoms with Gasteiger partial charge in [0.2, 0.25) is 0 Å². The average molecular weight is 198 g/mol. The van der Waals surface area contributed by atoms with Crippen LogP contribution in [-0.2, 0) is 0 Å². The van der Waals surface area contributed by atoms with E-state index in [1.165, 1.54) is 32.1 Å². The Morgan fingerprint density at radius 3 is 2.57 bits per heavy atom.